The highest BCUT2D eigenvalue weighted by Gasteiger charge is 2.00. The molecule has 1 rings (SSSR count). The Morgan fingerprint density at radius 1 is 0.960 bits per heavy atom. The van der Waals surface area contributed by atoms with Gasteiger partial charge < -0.3 is 9.47 Å². The fourth-order valence-electron chi connectivity index (χ4n) is 2.56. The molecule has 0 saturated heterocycles. The lowest BCUT2D eigenvalue weighted by Crippen LogP contribution is -1.99. The predicted octanol–water partition coefficient (Wildman–Crippen LogP) is 5.12. The number of benzene rings is 1. The highest BCUT2D eigenvalue weighted by Crippen LogP contribution is 2.16. The van der Waals surface area contributed by atoms with Crippen molar-refractivity contribution in [2.24, 2.45) is 0 Å². The summed E-state index contributed by atoms with van der Waals surface area (Å²) in [4.78, 5) is 21.8. The van der Waals surface area contributed by atoms with Crippen molar-refractivity contribution in [3.63, 3.8) is 0 Å². The molecule has 0 bridgehead atoms. The molecule has 0 aliphatic heterocycles. The number of hydrogen-bond donors (Lipinski definition) is 0. The van der Waals surface area contributed by atoms with Crippen molar-refractivity contribution in [1.29, 1.82) is 0 Å². The molecule has 0 unspecified atom stereocenters. The van der Waals surface area contributed by atoms with Crippen LogP contribution in [0.1, 0.15) is 68.1 Å². The van der Waals surface area contributed by atoms with E-state index in [4.69, 9.17) is 4.74 Å². The Kier molecular flexibility index (Phi) is 11.9. The maximum Gasteiger partial charge on any atom is 0.330 e. The Labute approximate surface area is 151 Å². The van der Waals surface area contributed by atoms with Crippen molar-refractivity contribution in [1.82, 2.24) is 0 Å². The number of methoxy groups -OCH3 is 1. The summed E-state index contributed by atoms with van der Waals surface area (Å²) in [6, 6.07) is 7.33. The summed E-state index contributed by atoms with van der Waals surface area (Å²) in [7, 11) is 1.39. The second-order valence-corrected chi connectivity index (χ2v) is 6.05. The molecule has 0 amide bonds. The van der Waals surface area contributed by atoms with Crippen LogP contribution in [-0.4, -0.2) is 26.0 Å². The molecule has 0 aliphatic carbocycles. The first-order valence-corrected chi connectivity index (χ1v) is 9.19. The largest absolute Gasteiger partial charge is 0.493 e. The van der Waals surface area contributed by atoms with Crippen molar-refractivity contribution < 1.29 is 19.1 Å². The minimum absolute atomic E-state index is 0.279. The molecule has 25 heavy (non-hydrogen) atoms. The molecule has 0 spiro atoms. The van der Waals surface area contributed by atoms with Gasteiger partial charge >= 0.3 is 5.97 Å². The summed E-state index contributed by atoms with van der Waals surface area (Å²) in [5, 5.41) is 0. The van der Waals surface area contributed by atoms with E-state index in [-0.39, 0.29) is 5.97 Å². The Balaban J connectivity index is 1.90. The Bertz CT molecular complexity index is 522. The second-order valence-electron chi connectivity index (χ2n) is 6.05. The normalized spacial score (nSPS) is 10.8. The topological polar surface area (TPSA) is 52.6 Å². The van der Waals surface area contributed by atoms with Crippen LogP contribution in [0.4, 0.5) is 0 Å². The maximum absolute atomic E-state index is 10.9. The Hall–Kier alpha value is -2.10. The van der Waals surface area contributed by atoms with E-state index in [2.05, 4.69) is 4.74 Å². The van der Waals surface area contributed by atoms with Crippen LogP contribution in [0.25, 0.3) is 0 Å². The van der Waals surface area contributed by atoms with Crippen LogP contribution in [-0.2, 0) is 9.53 Å². The molecule has 138 valence electrons. The average Bonchev–Trinajstić information content (AvgIpc) is 2.65. The summed E-state index contributed by atoms with van der Waals surface area (Å²) < 4.78 is 10.2. The van der Waals surface area contributed by atoms with Crippen molar-refractivity contribution in [2.45, 2.75) is 57.8 Å². The molecular formula is C21H30O4. The Morgan fingerprint density at radius 2 is 1.60 bits per heavy atom. The lowest BCUT2D eigenvalue weighted by molar-refractivity contribution is -0.134. The van der Waals surface area contributed by atoms with Crippen molar-refractivity contribution in [3.8, 4) is 5.75 Å². The van der Waals surface area contributed by atoms with Crippen LogP contribution in [0.2, 0.25) is 0 Å². The number of rotatable bonds is 14. The molecular weight excluding hydrogens is 316 g/mol. The minimum atomic E-state index is -0.279. The van der Waals surface area contributed by atoms with Gasteiger partial charge in [0.1, 0.15) is 5.75 Å². The lowest BCUT2D eigenvalue weighted by Gasteiger charge is -2.08. The monoisotopic (exact) mass is 346 g/mol. The van der Waals surface area contributed by atoms with Crippen molar-refractivity contribution >= 4 is 12.3 Å². The van der Waals surface area contributed by atoms with Crippen LogP contribution in [0, 0.1) is 0 Å². The molecule has 0 aromatic heterocycles. The van der Waals surface area contributed by atoms with Gasteiger partial charge in [-0.15, -0.1) is 0 Å². The van der Waals surface area contributed by atoms with E-state index in [0.717, 1.165) is 32.0 Å². The first-order chi connectivity index (χ1) is 12.3. The maximum atomic E-state index is 10.9. The van der Waals surface area contributed by atoms with Gasteiger partial charge in [0.05, 0.1) is 19.3 Å². The van der Waals surface area contributed by atoms with Gasteiger partial charge in [0.25, 0.3) is 0 Å². The third-order valence-corrected chi connectivity index (χ3v) is 4.02. The van der Waals surface area contributed by atoms with E-state index in [1.807, 2.05) is 24.3 Å². The van der Waals surface area contributed by atoms with Gasteiger partial charge in [0.2, 0.25) is 0 Å². The molecule has 1 aromatic rings. The predicted molar refractivity (Wildman–Crippen MR) is 100 cm³/mol. The first-order valence-electron chi connectivity index (χ1n) is 9.19. The van der Waals surface area contributed by atoms with Crippen molar-refractivity contribution in [2.75, 3.05) is 13.7 Å². The molecule has 0 radical (unpaired) electrons. The standard InChI is InChI=1S/C21H30O4/c1-24-21(23)16-10-8-6-4-2-3-5-7-9-13-17-25-20-15-12-11-14-19(20)18-22/h10-12,14-16,18H,2-9,13,17H2,1H3. The van der Waals surface area contributed by atoms with Gasteiger partial charge in [-0.1, -0.05) is 56.7 Å². The van der Waals surface area contributed by atoms with Gasteiger partial charge in [0.15, 0.2) is 6.29 Å². The van der Waals surface area contributed by atoms with Crippen LogP contribution >= 0.6 is 0 Å². The van der Waals surface area contributed by atoms with Gasteiger partial charge in [-0.2, -0.15) is 0 Å². The number of para-hydroxylation sites is 1. The summed E-state index contributed by atoms with van der Waals surface area (Å²) in [5.41, 5.74) is 0.615. The summed E-state index contributed by atoms with van der Waals surface area (Å²) in [6.45, 7) is 0.664. The third kappa shape index (κ3) is 10.4. The number of aldehydes is 1. The average molecular weight is 346 g/mol. The molecule has 0 atom stereocenters. The van der Waals surface area contributed by atoms with E-state index in [1.54, 1.807) is 6.07 Å². The number of carbonyl (C=O) groups is 2. The number of esters is 1. The Morgan fingerprint density at radius 3 is 2.28 bits per heavy atom. The number of unbranched alkanes of at least 4 members (excludes halogenated alkanes) is 8. The van der Waals surface area contributed by atoms with Crippen LogP contribution in [0.15, 0.2) is 36.4 Å². The molecule has 1 aromatic carbocycles. The van der Waals surface area contributed by atoms with Gasteiger partial charge in [-0.05, 0) is 31.4 Å². The number of allylic oxidation sites excluding steroid dienone is 1. The summed E-state index contributed by atoms with van der Waals surface area (Å²) >= 11 is 0. The van der Waals surface area contributed by atoms with E-state index in [0.29, 0.717) is 17.9 Å². The molecule has 0 saturated carbocycles. The smallest absolute Gasteiger partial charge is 0.330 e. The highest BCUT2D eigenvalue weighted by atomic mass is 16.5. The SMILES string of the molecule is COC(=O)C=CCCCCCCCCCCOc1ccccc1C=O. The number of ether oxygens (including phenoxy) is 2. The van der Waals surface area contributed by atoms with Gasteiger partial charge in [0, 0.05) is 6.08 Å². The van der Waals surface area contributed by atoms with Crippen molar-refractivity contribution in [3.05, 3.63) is 42.0 Å². The molecule has 0 aliphatic rings. The van der Waals surface area contributed by atoms with E-state index < -0.39 is 0 Å². The summed E-state index contributed by atoms with van der Waals surface area (Å²) in [6.07, 6.45) is 14.6. The molecule has 0 heterocycles. The quantitative estimate of drug-likeness (QED) is 0.203. The molecule has 0 N–H and O–H groups in total. The highest BCUT2D eigenvalue weighted by molar-refractivity contribution is 5.81. The van der Waals surface area contributed by atoms with E-state index >= 15 is 0 Å². The van der Waals surface area contributed by atoms with Crippen LogP contribution in [0.5, 0.6) is 5.75 Å². The van der Waals surface area contributed by atoms with Gasteiger partial charge in [-0.25, -0.2) is 4.79 Å². The van der Waals surface area contributed by atoms with Crippen LogP contribution in [0.3, 0.4) is 0 Å². The lowest BCUT2D eigenvalue weighted by atomic mass is 10.1. The number of hydrogen-bond acceptors (Lipinski definition) is 4. The first kappa shape index (κ1) is 20.9. The van der Waals surface area contributed by atoms with E-state index in [9.17, 15) is 9.59 Å². The summed E-state index contributed by atoms with van der Waals surface area (Å²) in [5.74, 6) is 0.400. The second kappa shape index (κ2) is 14.3. The minimum Gasteiger partial charge on any atom is -0.493 e. The zero-order chi connectivity index (χ0) is 18.2. The number of carbonyl (C=O) groups excluding carboxylic acids is 2. The third-order valence-electron chi connectivity index (χ3n) is 4.02. The van der Waals surface area contributed by atoms with E-state index in [1.165, 1.54) is 45.3 Å². The molecule has 0 fully saturated rings. The molecule has 4 nitrogen and oxygen atoms in total. The van der Waals surface area contributed by atoms with Gasteiger partial charge in [-0.3, -0.25) is 4.79 Å². The fraction of sp³-hybridized carbons (Fsp3) is 0.524. The fourth-order valence-corrected chi connectivity index (χ4v) is 2.56. The van der Waals surface area contributed by atoms with Crippen LogP contribution < -0.4 is 4.74 Å². The zero-order valence-corrected chi connectivity index (χ0v) is 15.2. The molecule has 4 heteroatoms. The zero-order valence-electron chi connectivity index (χ0n) is 15.2.